The SMILES string of the molecule is Cc1nc(COc2cccc(C(C)C)c2)[nH]c(=O)c1CCO. The highest BCUT2D eigenvalue weighted by atomic mass is 16.5. The second-order valence-corrected chi connectivity index (χ2v) is 5.57. The molecular weight excluding hydrogens is 280 g/mol. The Morgan fingerprint density at radius 1 is 1.36 bits per heavy atom. The van der Waals surface area contributed by atoms with Gasteiger partial charge in [0.25, 0.3) is 5.56 Å². The minimum Gasteiger partial charge on any atom is -0.486 e. The molecule has 5 nitrogen and oxygen atoms in total. The second-order valence-electron chi connectivity index (χ2n) is 5.57. The largest absolute Gasteiger partial charge is 0.486 e. The zero-order valence-electron chi connectivity index (χ0n) is 13.2. The third-order valence-corrected chi connectivity index (χ3v) is 3.53. The van der Waals surface area contributed by atoms with Gasteiger partial charge in [-0.3, -0.25) is 4.79 Å². The number of ether oxygens (including phenoxy) is 1. The van der Waals surface area contributed by atoms with E-state index in [1.54, 1.807) is 6.92 Å². The normalized spacial score (nSPS) is 11.0. The Bertz CT molecular complexity index is 693. The van der Waals surface area contributed by atoms with Gasteiger partial charge in [-0.15, -0.1) is 0 Å². The Morgan fingerprint density at radius 3 is 2.77 bits per heavy atom. The third kappa shape index (κ3) is 3.95. The molecule has 1 aromatic heterocycles. The molecule has 1 aromatic carbocycles. The van der Waals surface area contributed by atoms with E-state index in [0.717, 1.165) is 5.75 Å². The number of aliphatic hydroxyl groups is 1. The van der Waals surface area contributed by atoms with Crippen LogP contribution in [0.1, 0.15) is 42.4 Å². The monoisotopic (exact) mass is 302 g/mol. The van der Waals surface area contributed by atoms with E-state index in [0.29, 0.717) is 29.4 Å². The van der Waals surface area contributed by atoms with E-state index in [1.807, 2.05) is 18.2 Å². The molecule has 0 saturated carbocycles. The van der Waals surface area contributed by atoms with Crippen molar-refractivity contribution < 1.29 is 9.84 Å². The van der Waals surface area contributed by atoms with Crippen LogP contribution in [0.25, 0.3) is 0 Å². The van der Waals surface area contributed by atoms with Crippen LogP contribution in [0.15, 0.2) is 29.1 Å². The number of hydrogen-bond acceptors (Lipinski definition) is 4. The molecule has 5 heteroatoms. The number of nitrogens with one attached hydrogen (secondary N) is 1. The van der Waals surface area contributed by atoms with Crippen molar-refractivity contribution in [1.29, 1.82) is 0 Å². The zero-order valence-corrected chi connectivity index (χ0v) is 13.2. The highest BCUT2D eigenvalue weighted by molar-refractivity contribution is 5.30. The van der Waals surface area contributed by atoms with Gasteiger partial charge < -0.3 is 14.8 Å². The first-order valence-corrected chi connectivity index (χ1v) is 7.43. The van der Waals surface area contributed by atoms with Crippen molar-refractivity contribution >= 4 is 0 Å². The van der Waals surface area contributed by atoms with E-state index < -0.39 is 0 Å². The van der Waals surface area contributed by atoms with Gasteiger partial charge in [-0.05, 0) is 30.5 Å². The first-order valence-electron chi connectivity index (χ1n) is 7.43. The average Bonchev–Trinajstić information content (AvgIpc) is 2.49. The van der Waals surface area contributed by atoms with Crippen LogP contribution >= 0.6 is 0 Å². The highest BCUT2D eigenvalue weighted by Gasteiger charge is 2.08. The topological polar surface area (TPSA) is 75.2 Å². The maximum absolute atomic E-state index is 11.9. The summed E-state index contributed by atoms with van der Waals surface area (Å²) < 4.78 is 5.71. The number of benzene rings is 1. The Labute approximate surface area is 130 Å². The summed E-state index contributed by atoms with van der Waals surface area (Å²) in [7, 11) is 0. The summed E-state index contributed by atoms with van der Waals surface area (Å²) >= 11 is 0. The minimum absolute atomic E-state index is 0.0660. The maximum Gasteiger partial charge on any atom is 0.254 e. The number of H-pyrrole nitrogens is 1. The molecule has 0 spiro atoms. The predicted molar refractivity (Wildman–Crippen MR) is 85.2 cm³/mol. The smallest absolute Gasteiger partial charge is 0.254 e. The molecular formula is C17H22N2O3. The fourth-order valence-corrected chi connectivity index (χ4v) is 2.26. The molecule has 22 heavy (non-hydrogen) atoms. The molecule has 0 radical (unpaired) electrons. The van der Waals surface area contributed by atoms with Crippen molar-refractivity contribution in [1.82, 2.24) is 9.97 Å². The lowest BCUT2D eigenvalue weighted by atomic mass is 10.0. The lowest BCUT2D eigenvalue weighted by Gasteiger charge is -2.10. The van der Waals surface area contributed by atoms with Crippen LogP contribution in [0, 0.1) is 6.92 Å². The van der Waals surface area contributed by atoms with Gasteiger partial charge in [0.1, 0.15) is 18.2 Å². The molecule has 0 unspecified atom stereocenters. The number of hydrogen-bond donors (Lipinski definition) is 2. The van der Waals surface area contributed by atoms with Crippen LogP contribution in [0.5, 0.6) is 5.75 Å². The number of aromatic amines is 1. The number of aryl methyl sites for hydroxylation is 1. The number of rotatable bonds is 6. The lowest BCUT2D eigenvalue weighted by molar-refractivity contribution is 0.292. The summed E-state index contributed by atoms with van der Waals surface area (Å²) in [6, 6.07) is 7.90. The van der Waals surface area contributed by atoms with Crippen molar-refractivity contribution in [2.24, 2.45) is 0 Å². The van der Waals surface area contributed by atoms with Crippen LogP contribution in [0.3, 0.4) is 0 Å². The van der Waals surface area contributed by atoms with E-state index in [1.165, 1.54) is 5.56 Å². The van der Waals surface area contributed by atoms with Gasteiger partial charge >= 0.3 is 0 Å². The molecule has 0 bridgehead atoms. The fourth-order valence-electron chi connectivity index (χ4n) is 2.26. The summed E-state index contributed by atoms with van der Waals surface area (Å²) in [6.45, 7) is 6.16. The highest BCUT2D eigenvalue weighted by Crippen LogP contribution is 2.20. The number of aromatic nitrogens is 2. The zero-order chi connectivity index (χ0) is 16.1. The van der Waals surface area contributed by atoms with Crippen LogP contribution < -0.4 is 10.3 Å². The standard InChI is InChI=1S/C17H22N2O3/c1-11(2)13-5-4-6-14(9-13)22-10-16-18-12(3)15(7-8-20)17(21)19-16/h4-6,9,11,20H,7-8,10H2,1-3H3,(H,18,19,21). The molecule has 0 aliphatic heterocycles. The van der Waals surface area contributed by atoms with Gasteiger partial charge in [0, 0.05) is 24.3 Å². The maximum atomic E-state index is 11.9. The summed E-state index contributed by atoms with van der Waals surface area (Å²) in [5.41, 5.74) is 2.14. The summed E-state index contributed by atoms with van der Waals surface area (Å²) in [5.74, 6) is 1.67. The van der Waals surface area contributed by atoms with Gasteiger partial charge in [-0.2, -0.15) is 0 Å². The van der Waals surface area contributed by atoms with Crippen LogP contribution in [0.2, 0.25) is 0 Å². The van der Waals surface area contributed by atoms with E-state index in [2.05, 4.69) is 29.9 Å². The Hall–Kier alpha value is -2.14. The third-order valence-electron chi connectivity index (χ3n) is 3.53. The van der Waals surface area contributed by atoms with Crippen molar-refractivity contribution in [3.63, 3.8) is 0 Å². The average molecular weight is 302 g/mol. The van der Waals surface area contributed by atoms with Crippen molar-refractivity contribution in [3.8, 4) is 5.75 Å². The van der Waals surface area contributed by atoms with E-state index in [4.69, 9.17) is 9.84 Å². The quantitative estimate of drug-likeness (QED) is 0.858. The number of nitrogens with zero attached hydrogens (tertiary/aromatic N) is 1. The molecule has 0 atom stereocenters. The molecule has 118 valence electrons. The summed E-state index contributed by atoms with van der Waals surface area (Å²) in [4.78, 5) is 19.0. The molecule has 0 aliphatic rings. The number of aliphatic hydroxyl groups excluding tert-OH is 1. The first kappa shape index (κ1) is 16.2. The van der Waals surface area contributed by atoms with Crippen LogP contribution in [-0.4, -0.2) is 21.7 Å². The van der Waals surface area contributed by atoms with Crippen LogP contribution in [-0.2, 0) is 13.0 Å². The van der Waals surface area contributed by atoms with Crippen molar-refractivity contribution in [3.05, 3.63) is 57.3 Å². The Balaban J connectivity index is 2.12. The minimum atomic E-state index is -0.212. The van der Waals surface area contributed by atoms with E-state index in [9.17, 15) is 4.79 Å². The first-order chi connectivity index (χ1) is 10.5. The Kier molecular flexibility index (Phi) is 5.33. The molecule has 0 saturated heterocycles. The van der Waals surface area contributed by atoms with E-state index in [-0.39, 0.29) is 18.8 Å². The van der Waals surface area contributed by atoms with E-state index >= 15 is 0 Å². The summed E-state index contributed by atoms with van der Waals surface area (Å²) in [6.07, 6.45) is 0.311. The molecule has 2 aromatic rings. The van der Waals surface area contributed by atoms with Crippen LogP contribution in [0.4, 0.5) is 0 Å². The molecule has 0 aliphatic carbocycles. The molecule has 0 fully saturated rings. The molecule has 2 rings (SSSR count). The fraction of sp³-hybridized carbons (Fsp3) is 0.412. The predicted octanol–water partition coefficient (Wildman–Crippen LogP) is 2.32. The Morgan fingerprint density at radius 2 is 2.14 bits per heavy atom. The van der Waals surface area contributed by atoms with Crippen molar-refractivity contribution in [2.45, 2.75) is 39.7 Å². The lowest BCUT2D eigenvalue weighted by Crippen LogP contribution is -2.20. The molecule has 0 amide bonds. The van der Waals surface area contributed by atoms with Gasteiger partial charge in [-0.25, -0.2) is 4.98 Å². The van der Waals surface area contributed by atoms with Gasteiger partial charge in [0.2, 0.25) is 0 Å². The molecule has 1 heterocycles. The van der Waals surface area contributed by atoms with Crippen molar-refractivity contribution in [2.75, 3.05) is 6.61 Å². The second kappa shape index (κ2) is 7.22. The van der Waals surface area contributed by atoms with Gasteiger partial charge in [0.05, 0.1) is 0 Å². The van der Waals surface area contributed by atoms with Gasteiger partial charge in [0.15, 0.2) is 0 Å². The molecule has 2 N–H and O–H groups in total. The summed E-state index contributed by atoms with van der Waals surface area (Å²) in [5, 5.41) is 8.96. The van der Waals surface area contributed by atoms with Gasteiger partial charge in [-0.1, -0.05) is 26.0 Å².